The van der Waals surface area contributed by atoms with E-state index in [0.717, 1.165) is 10.5 Å². The van der Waals surface area contributed by atoms with Crippen molar-refractivity contribution in [1.29, 1.82) is 0 Å². The lowest BCUT2D eigenvalue weighted by molar-refractivity contribution is -0.141. The fourth-order valence-electron chi connectivity index (χ4n) is 2.64. The highest BCUT2D eigenvalue weighted by Gasteiger charge is 2.53. The third-order valence-electron chi connectivity index (χ3n) is 3.67. The van der Waals surface area contributed by atoms with Gasteiger partial charge >= 0.3 is 5.97 Å². The summed E-state index contributed by atoms with van der Waals surface area (Å²) >= 11 is 7.24. The monoisotopic (exact) mass is 332 g/mol. The lowest BCUT2D eigenvalue weighted by Crippen LogP contribution is -2.42. The zero-order chi connectivity index (χ0) is 15.7. The molecule has 0 unspecified atom stereocenters. The number of ether oxygens (including phenoxy) is 1. The average Bonchev–Trinajstić information content (AvgIpc) is 2.80. The van der Waals surface area contributed by atoms with Crippen LogP contribution in [0.25, 0.3) is 0 Å². The molecule has 0 N–H and O–H groups in total. The van der Waals surface area contributed by atoms with Crippen LogP contribution in [0.15, 0.2) is 53.4 Å². The highest BCUT2D eigenvalue weighted by molar-refractivity contribution is 8.02. The number of hydrogen-bond acceptors (Lipinski definition) is 4. The predicted molar refractivity (Wildman–Crippen MR) is 86.5 cm³/mol. The van der Waals surface area contributed by atoms with Crippen LogP contribution in [-0.4, -0.2) is 23.6 Å². The van der Waals surface area contributed by atoms with E-state index in [0.29, 0.717) is 10.6 Å². The summed E-state index contributed by atoms with van der Waals surface area (Å²) in [7, 11) is 1.30. The molecular formula is C17H13ClO3S. The molecule has 0 heterocycles. The Balaban J connectivity index is 2.06. The molecule has 0 spiro atoms. The lowest BCUT2D eigenvalue weighted by atomic mass is 10.0. The molecule has 0 radical (unpaired) electrons. The topological polar surface area (TPSA) is 43.4 Å². The smallest absolute Gasteiger partial charge is 0.330 e. The maximum Gasteiger partial charge on any atom is 0.330 e. The van der Waals surface area contributed by atoms with E-state index < -0.39 is 10.7 Å². The van der Waals surface area contributed by atoms with Gasteiger partial charge in [0.05, 0.1) is 7.11 Å². The molecule has 0 saturated carbocycles. The van der Waals surface area contributed by atoms with E-state index in [1.165, 1.54) is 18.9 Å². The maximum absolute atomic E-state index is 12.9. The number of benzene rings is 2. The first kappa shape index (κ1) is 15.1. The summed E-state index contributed by atoms with van der Waals surface area (Å²) in [5.41, 5.74) is 1.32. The second kappa shape index (κ2) is 5.78. The molecule has 0 amide bonds. The highest BCUT2D eigenvalue weighted by Crippen LogP contribution is 2.45. The standard InChI is InChI=1S/C17H13ClO3S/c1-21-16(20)17(22-13-5-3-2-4-6-13)10-11-9-12(18)7-8-14(11)15(17)19/h2-9H,10H2,1H3/t17-/m0/s1. The minimum absolute atomic E-state index is 0.222. The van der Waals surface area contributed by atoms with Crippen molar-refractivity contribution in [3.8, 4) is 0 Å². The summed E-state index contributed by atoms with van der Waals surface area (Å²) in [5, 5.41) is 0.553. The number of rotatable bonds is 3. The number of thioether (sulfide) groups is 1. The van der Waals surface area contributed by atoms with Crippen LogP contribution in [0.2, 0.25) is 5.02 Å². The van der Waals surface area contributed by atoms with Crippen LogP contribution in [0.4, 0.5) is 0 Å². The van der Waals surface area contributed by atoms with Gasteiger partial charge in [-0.2, -0.15) is 0 Å². The quantitative estimate of drug-likeness (QED) is 0.633. The molecule has 1 aliphatic rings. The molecule has 112 valence electrons. The molecule has 22 heavy (non-hydrogen) atoms. The van der Waals surface area contributed by atoms with Crippen LogP contribution >= 0.6 is 23.4 Å². The van der Waals surface area contributed by atoms with Crippen LogP contribution in [-0.2, 0) is 16.0 Å². The number of hydrogen-bond donors (Lipinski definition) is 0. The third-order valence-corrected chi connectivity index (χ3v) is 5.26. The van der Waals surface area contributed by atoms with E-state index in [1.54, 1.807) is 18.2 Å². The normalized spacial score (nSPS) is 19.8. The average molecular weight is 333 g/mol. The Morgan fingerprint density at radius 2 is 1.95 bits per heavy atom. The number of fused-ring (bicyclic) bond motifs is 1. The number of Topliss-reactive ketones (excluding diaryl/α,β-unsaturated/α-hetero) is 1. The van der Waals surface area contributed by atoms with Crippen molar-refractivity contribution in [2.75, 3.05) is 7.11 Å². The molecule has 2 aromatic rings. The Morgan fingerprint density at radius 1 is 1.23 bits per heavy atom. The van der Waals surface area contributed by atoms with E-state index >= 15 is 0 Å². The summed E-state index contributed by atoms with van der Waals surface area (Å²) in [6.07, 6.45) is 0.286. The summed E-state index contributed by atoms with van der Waals surface area (Å²) in [5.74, 6) is -0.751. The Bertz CT molecular complexity index is 745. The fourth-order valence-corrected chi connectivity index (χ4v) is 4.13. The fraction of sp³-hybridized carbons (Fsp3) is 0.176. The molecule has 0 fully saturated rings. The molecule has 0 aliphatic heterocycles. The van der Waals surface area contributed by atoms with Gasteiger partial charge in [0, 0.05) is 21.9 Å². The van der Waals surface area contributed by atoms with E-state index in [1.807, 2.05) is 30.3 Å². The van der Waals surface area contributed by atoms with Crippen molar-refractivity contribution < 1.29 is 14.3 Å². The van der Waals surface area contributed by atoms with Crippen molar-refractivity contribution in [3.63, 3.8) is 0 Å². The van der Waals surface area contributed by atoms with Gasteiger partial charge in [-0.25, -0.2) is 0 Å². The molecule has 0 saturated heterocycles. The van der Waals surface area contributed by atoms with Gasteiger partial charge < -0.3 is 4.74 Å². The molecule has 3 nitrogen and oxygen atoms in total. The van der Waals surface area contributed by atoms with E-state index in [4.69, 9.17) is 16.3 Å². The van der Waals surface area contributed by atoms with Crippen LogP contribution in [0, 0.1) is 0 Å². The van der Waals surface area contributed by atoms with Gasteiger partial charge in [0.25, 0.3) is 0 Å². The molecule has 0 bridgehead atoms. The molecule has 0 aromatic heterocycles. The Labute approximate surface area is 137 Å². The minimum atomic E-state index is -1.27. The van der Waals surface area contributed by atoms with Crippen molar-refractivity contribution in [2.45, 2.75) is 16.1 Å². The van der Waals surface area contributed by atoms with Crippen LogP contribution in [0.1, 0.15) is 15.9 Å². The first-order chi connectivity index (χ1) is 10.6. The van der Waals surface area contributed by atoms with E-state index in [-0.39, 0.29) is 12.2 Å². The zero-order valence-corrected chi connectivity index (χ0v) is 13.4. The van der Waals surface area contributed by atoms with Crippen molar-refractivity contribution >= 4 is 35.1 Å². The number of esters is 1. The number of carbonyl (C=O) groups excluding carboxylic acids is 2. The summed E-state index contributed by atoms with van der Waals surface area (Å²) in [6.45, 7) is 0. The van der Waals surface area contributed by atoms with Crippen LogP contribution < -0.4 is 0 Å². The molecular weight excluding hydrogens is 320 g/mol. The molecule has 3 rings (SSSR count). The largest absolute Gasteiger partial charge is 0.468 e. The Hall–Kier alpha value is -1.78. The van der Waals surface area contributed by atoms with Gasteiger partial charge in [0.1, 0.15) is 0 Å². The number of ketones is 1. The van der Waals surface area contributed by atoms with Crippen molar-refractivity contribution in [1.82, 2.24) is 0 Å². The molecule has 2 aromatic carbocycles. The summed E-state index contributed by atoms with van der Waals surface area (Å²) < 4.78 is 3.65. The van der Waals surface area contributed by atoms with Gasteiger partial charge in [0.2, 0.25) is 0 Å². The minimum Gasteiger partial charge on any atom is -0.468 e. The van der Waals surface area contributed by atoms with E-state index in [2.05, 4.69) is 0 Å². The Kier molecular flexibility index (Phi) is 3.98. The van der Waals surface area contributed by atoms with E-state index in [9.17, 15) is 9.59 Å². The maximum atomic E-state index is 12.9. The second-order valence-electron chi connectivity index (χ2n) is 5.04. The van der Waals surface area contributed by atoms with Gasteiger partial charge in [0.15, 0.2) is 10.5 Å². The molecule has 1 atom stereocenters. The number of halogens is 1. The summed E-state index contributed by atoms with van der Waals surface area (Å²) in [6, 6.07) is 14.5. The van der Waals surface area contributed by atoms with Crippen LogP contribution in [0.5, 0.6) is 0 Å². The van der Waals surface area contributed by atoms with Gasteiger partial charge in [-0.3, -0.25) is 9.59 Å². The SMILES string of the molecule is COC(=O)[C@]1(Sc2ccccc2)Cc2cc(Cl)ccc2C1=O. The Morgan fingerprint density at radius 3 is 2.64 bits per heavy atom. The van der Waals surface area contributed by atoms with Gasteiger partial charge in [-0.15, -0.1) is 0 Å². The van der Waals surface area contributed by atoms with Crippen molar-refractivity contribution in [2.24, 2.45) is 0 Å². The number of carbonyl (C=O) groups is 2. The van der Waals surface area contributed by atoms with Gasteiger partial charge in [-0.1, -0.05) is 41.6 Å². The zero-order valence-electron chi connectivity index (χ0n) is 11.8. The first-order valence-corrected chi connectivity index (χ1v) is 7.92. The summed E-state index contributed by atoms with van der Waals surface area (Å²) in [4.78, 5) is 26.1. The number of methoxy groups -OCH3 is 1. The first-order valence-electron chi connectivity index (χ1n) is 6.72. The highest BCUT2D eigenvalue weighted by atomic mass is 35.5. The van der Waals surface area contributed by atoms with Crippen LogP contribution in [0.3, 0.4) is 0 Å². The second-order valence-corrected chi connectivity index (χ2v) is 6.85. The van der Waals surface area contributed by atoms with Crippen molar-refractivity contribution in [3.05, 3.63) is 64.7 Å². The molecule has 1 aliphatic carbocycles. The molecule has 5 heteroatoms. The van der Waals surface area contributed by atoms with Gasteiger partial charge in [-0.05, 0) is 35.9 Å². The lowest BCUT2D eigenvalue weighted by Gasteiger charge is -2.23. The third kappa shape index (κ3) is 2.42. The predicted octanol–water partition coefficient (Wildman–Crippen LogP) is 3.78.